The molecule has 4 aromatic rings. The average molecular weight is 565 g/mol. The van der Waals surface area contributed by atoms with Crippen molar-refractivity contribution >= 4 is 11.9 Å². The third-order valence-electron chi connectivity index (χ3n) is 8.41. The van der Waals surface area contributed by atoms with Crippen LogP contribution < -0.4 is 4.74 Å². The molecule has 4 aromatic carbocycles. The number of hydrogen-bond acceptors (Lipinski definition) is 4. The summed E-state index contributed by atoms with van der Waals surface area (Å²) < 4.78 is 25.4. The number of fused-ring (bicyclic) bond motifs is 1. The number of hydrogen-bond donors (Lipinski definition) is 0. The molecule has 0 saturated heterocycles. The van der Waals surface area contributed by atoms with E-state index in [0.29, 0.717) is 17.7 Å². The fraction of sp³-hybridized carbons (Fsp3) is 0.297. The Morgan fingerprint density at radius 1 is 0.762 bits per heavy atom. The van der Waals surface area contributed by atoms with Crippen LogP contribution in [-0.4, -0.2) is 11.9 Å². The molecule has 0 radical (unpaired) electrons. The van der Waals surface area contributed by atoms with Gasteiger partial charge in [-0.1, -0.05) is 88.4 Å². The zero-order valence-corrected chi connectivity index (χ0v) is 24.7. The number of rotatable bonds is 8. The molecule has 1 unspecified atom stereocenters. The molecule has 1 atom stereocenters. The van der Waals surface area contributed by atoms with Gasteiger partial charge in [-0.2, -0.15) is 0 Å². The van der Waals surface area contributed by atoms with E-state index < -0.39 is 17.9 Å². The molecule has 42 heavy (non-hydrogen) atoms. The molecule has 5 heteroatoms. The summed E-state index contributed by atoms with van der Waals surface area (Å²) in [7, 11) is 0. The van der Waals surface area contributed by atoms with Crippen molar-refractivity contribution in [2.75, 3.05) is 0 Å². The zero-order chi connectivity index (χ0) is 29.9. The van der Waals surface area contributed by atoms with Gasteiger partial charge < -0.3 is 9.47 Å². The lowest BCUT2D eigenvalue weighted by molar-refractivity contribution is -0.136. The molecule has 216 valence electrons. The molecule has 0 aromatic heterocycles. The number of benzene rings is 4. The van der Waals surface area contributed by atoms with Crippen LogP contribution in [0.3, 0.4) is 0 Å². The molecule has 5 rings (SSSR count). The van der Waals surface area contributed by atoms with Crippen LogP contribution >= 0.6 is 0 Å². The smallest absolute Gasteiger partial charge is 0.338 e. The monoisotopic (exact) mass is 564 g/mol. The zero-order valence-electron chi connectivity index (χ0n) is 24.7. The molecule has 0 spiro atoms. The van der Waals surface area contributed by atoms with Gasteiger partial charge in [-0.25, -0.2) is 9.18 Å². The summed E-state index contributed by atoms with van der Waals surface area (Å²) in [6.45, 7) is 9.15. The van der Waals surface area contributed by atoms with Crippen LogP contribution in [0.15, 0.2) is 97.1 Å². The quantitative estimate of drug-likeness (QED) is 0.159. The van der Waals surface area contributed by atoms with Crippen LogP contribution in [0.1, 0.15) is 84.6 Å². The van der Waals surface area contributed by atoms with E-state index in [-0.39, 0.29) is 23.3 Å². The number of esters is 2. The minimum atomic E-state index is -0.621. The number of carbonyl (C=O) groups is 2. The topological polar surface area (TPSA) is 52.6 Å². The van der Waals surface area contributed by atoms with Gasteiger partial charge in [0.1, 0.15) is 18.2 Å². The predicted octanol–water partition coefficient (Wildman–Crippen LogP) is 8.46. The lowest BCUT2D eigenvalue weighted by Crippen LogP contribution is -2.34. The highest BCUT2D eigenvalue weighted by Gasteiger charge is 2.38. The molecule has 0 fully saturated rings. The summed E-state index contributed by atoms with van der Waals surface area (Å²) in [4.78, 5) is 26.0. The summed E-state index contributed by atoms with van der Waals surface area (Å²) in [5.74, 6) is -1.37. The maximum atomic E-state index is 14.1. The Labute approximate surface area is 247 Å². The third-order valence-corrected chi connectivity index (χ3v) is 8.41. The van der Waals surface area contributed by atoms with Crippen LogP contribution in [-0.2, 0) is 33.4 Å². The van der Waals surface area contributed by atoms with Crippen molar-refractivity contribution < 1.29 is 23.5 Å². The summed E-state index contributed by atoms with van der Waals surface area (Å²) in [6.07, 6.45) is 2.47. The Bertz CT molecular complexity index is 1570. The van der Waals surface area contributed by atoms with E-state index in [1.165, 1.54) is 23.3 Å². The van der Waals surface area contributed by atoms with E-state index in [2.05, 4.69) is 39.8 Å². The number of halogens is 1. The second kappa shape index (κ2) is 11.9. The van der Waals surface area contributed by atoms with E-state index in [1.807, 2.05) is 18.2 Å². The highest BCUT2D eigenvalue weighted by molar-refractivity contribution is 5.89. The normalized spacial score (nSPS) is 15.7. The Morgan fingerprint density at radius 2 is 1.45 bits per heavy atom. The molecular weight excluding hydrogens is 527 g/mol. The van der Waals surface area contributed by atoms with Crippen LogP contribution in [0.25, 0.3) is 0 Å². The molecule has 1 aliphatic rings. The van der Waals surface area contributed by atoms with Gasteiger partial charge in [-0.15, -0.1) is 0 Å². The van der Waals surface area contributed by atoms with Gasteiger partial charge in [0.15, 0.2) is 0 Å². The first kappa shape index (κ1) is 29.2. The minimum absolute atomic E-state index is 0.0199. The lowest BCUT2D eigenvalue weighted by Gasteiger charge is -2.42. The van der Waals surface area contributed by atoms with Crippen molar-refractivity contribution in [3.05, 3.63) is 136 Å². The first-order chi connectivity index (χ1) is 20.0. The lowest BCUT2D eigenvalue weighted by atomic mass is 9.62. The van der Waals surface area contributed by atoms with Gasteiger partial charge in [0.2, 0.25) is 0 Å². The summed E-state index contributed by atoms with van der Waals surface area (Å²) in [5.41, 5.74) is 5.44. The molecule has 1 aliphatic carbocycles. The van der Waals surface area contributed by atoms with Crippen LogP contribution in [0.4, 0.5) is 4.39 Å². The highest BCUT2D eigenvalue weighted by atomic mass is 19.1. The molecular formula is C37H37FO4. The maximum Gasteiger partial charge on any atom is 0.338 e. The van der Waals surface area contributed by atoms with Crippen LogP contribution in [0.5, 0.6) is 5.75 Å². The Morgan fingerprint density at radius 3 is 2.14 bits per heavy atom. The summed E-state index contributed by atoms with van der Waals surface area (Å²) in [6, 6.07) is 28.5. The number of carbonyl (C=O) groups excluding carboxylic acids is 2. The standard InChI is InChI=1S/C37H37FO4/c1-36(2)19-20-37(3,4)33-23-28(15-18-32(33)36)31(22-26-9-8-12-29(38)21-26)35(40)42-30-16-13-25(14-17-30)24-41-34(39)27-10-6-5-7-11-27/h5-18,21,23,31H,19-20,22,24H2,1-4H3. The van der Waals surface area contributed by atoms with Gasteiger partial charge in [-0.05, 0) is 94.3 Å². The molecule has 0 saturated carbocycles. The predicted molar refractivity (Wildman–Crippen MR) is 162 cm³/mol. The molecule has 0 amide bonds. The second-order valence-corrected chi connectivity index (χ2v) is 12.5. The molecule has 0 N–H and O–H groups in total. The molecule has 4 nitrogen and oxygen atoms in total. The Hall–Kier alpha value is -4.25. The van der Waals surface area contributed by atoms with Gasteiger partial charge in [0, 0.05) is 0 Å². The highest BCUT2D eigenvalue weighted by Crippen LogP contribution is 2.46. The van der Waals surface area contributed by atoms with Crippen molar-refractivity contribution in [3.63, 3.8) is 0 Å². The largest absolute Gasteiger partial charge is 0.457 e. The fourth-order valence-corrected chi connectivity index (χ4v) is 5.71. The van der Waals surface area contributed by atoms with Crippen molar-refractivity contribution in [2.24, 2.45) is 0 Å². The van der Waals surface area contributed by atoms with E-state index in [4.69, 9.17) is 9.47 Å². The molecule has 0 aliphatic heterocycles. The summed E-state index contributed by atoms with van der Waals surface area (Å²) >= 11 is 0. The van der Waals surface area contributed by atoms with Gasteiger partial charge in [0.05, 0.1) is 11.5 Å². The van der Waals surface area contributed by atoms with E-state index in [0.717, 1.165) is 29.5 Å². The fourth-order valence-electron chi connectivity index (χ4n) is 5.71. The number of ether oxygens (including phenoxy) is 2. The van der Waals surface area contributed by atoms with E-state index >= 15 is 0 Å². The Kier molecular flexibility index (Phi) is 8.31. The first-order valence-corrected chi connectivity index (χ1v) is 14.4. The van der Waals surface area contributed by atoms with Crippen LogP contribution in [0.2, 0.25) is 0 Å². The van der Waals surface area contributed by atoms with E-state index in [9.17, 15) is 14.0 Å². The molecule has 0 heterocycles. The van der Waals surface area contributed by atoms with Gasteiger partial charge in [0.25, 0.3) is 0 Å². The molecule has 0 bridgehead atoms. The van der Waals surface area contributed by atoms with E-state index in [1.54, 1.807) is 54.6 Å². The van der Waals surface area contributed by atoms with Crippen LogP contribution in [0, 0.1) is 5.82 Å². The maximum absolute atomic E-state index is 14.1. The Balaban J connectivity index is 1.36. The van der Waals surface area contributed by atoms with Crippen molar-refractivity contribution in [3.8, 4) is 5.75 Å². The summed E-state index contributed by atoms with van der Waals surface area (Å²) in [5, 5.41) is 0. The van der Waals surface area contributed by atoms with Crippen molar-refractivity contribution in [1.82, 2.24) is 0 Å². The third kappa shape index (κ3) is 6.62. The van der Waals surface area contributed by atoms with Gasteiger partial charge >= 0.3 is 11.9 Å². The first-order valence-electron chi connectivity index (χ1n) is 14.4. The second-order valence-electron chi connectivity index (χ2n) is 12.5. The van der Waals surface area contributed by atoms with Gasteiger partial charge in [-0.3, -0.25) is 4.79 Å². The SMILES string of the molecule is CC1(C)CCC(C)(C)c2cc(C(Cc3cccc(F)c3)C(=O)Oc3ccc(COC(=O)c4ccccc4)cc3)ccc21. The minimum Gasteiger partial charge on any atom is -0.457 e. The average Bonchev–Trinajstić information content (AvgIpc) is 2.98. The van der Waals surface area contributed by atoms with Crippen molar-refractivity contribution in [2.45, 2.75) is 70.3 Å². The van der Waals surface area contributed by atoms with Crippen molar-refractivity contribution in [1.29, 1.82) is 0 Å².